The number of ether oxygens (including phenoxy) is 1. The van der Waals surface area contributed by atoms with Crippen molar-refractivity contribution in [2.24, 2.45) is 0 Å². The van der Waals surface area contributed by atoms with Crippen molar-refractivity contribution in [3.63, 3.8) is 0 Å². The molecule has 5 heteroatoms. The summed E-state index contributed by atoms with van der Waals surface area (Å²) in [5.74, 6) is -0.817. The Labute approximate surface area is 171 Å². The van der Waals surface area contributed by atoms with Crippen LogP contribution in [0.5, 0.6) is 0 Å². The molecular weight excluding hydrogens is 366 g/mol. The van der Waals surface area contributed by atoms with Gasteiger partial charge in [0, 0.05) is 16.6 Å². The molecule has 0 bridgehead atoms. The van der Waals surface area contributed by atoms with Crippen LogP contribution in [-0.4, -0.2) is 18.0 Å². The fourth-order valence-electron chi connectivity index (χ4n) is 3.58. The second-order valence-electron chi connectivity index (χ2n) is 7.72. The highest BCUT2D eigenvalue weighted by molar-refractivity contribution is 5.96. The van der Waals surface area contributed by atoms with Gasteiger partial charge in [0.05, 0.1) is 12.7 Å². The Morgan fingerprint density at radius 2 is 1.69 bits per heavy atom. The number of nitrogens with one attached hydrogen (secondary N) is 1. The lowest BCUT2D eigenvalue weighted by atomic mass is 10.0. The summed E-state index contributed by atoms with van der Waals surface area (Å²) in [6.07, 6.45) is 0.738. The summed E-state index contributed by atoms with van der Waals surface area (Å²) in [5, 5.41) is 3.77. The first-order valence-corrected chi connectivity index (χ1v) is 9.72. The number of hydrogen-bond acceptors (Lipinski definition) is 4. The highest BCUT2D eigenvalue weighted by atomic mass is 16.5. The van der Waals surface area contributed by atoms with Crippen molar-refractivity contribution in [1.29, 1.82) is 0 Å². The zero-order chi connectivity index (χ0) is 21.3. The topological polar surface area (TPSA) is 68.5 Å². The Morgan fingerprint density at radius 3 is 2.34 bits per heavy atom. The molecule has 1 heterocycles. The maximum Gasteiger partial charge on any atom is 0.311 e. The fourth-order valence-corrected chi connectivity index (χ4v) is 3.58. The van der Waals surface area contributed by atoms with Gasteiger partial charge in [0.25, 0.3) is 5.91 Å². The van der Waals surface area contributed by atoms with E-state index in [2.05, 4.69) is 5.32 Å². The van der Waals surface area contributed by atoms with Gasteiger partial charge in [-0.1, -0.05) is 29.8 Å². The van der Waals surface area contributed by atoms with E-state index in [1.807, 2.05) is 58.9 Å². The number of furan rings is 1. The van der Waals surface area contributed by atoms with Gasteiger partial charge in [0.1, 0.15) is 5.58 Å². The summed E-state index contributed by atoms with van der Waals surface area (Å²) in [6, 6.07) is 7.97. The molecule has 1 atom stereocenters. The highest BCUT2D eigenvalue weighted by Crippen LogP contribution is 2.27. The zero-order valence-electron chi connectivity index (χ0n) is 17.8. The quantitative estimate of drug-likeness (QED) is 0.613. The van der Waals surface area contributed by atoms with E-state index in [1.54, 1.807) is 13.2 Å². The van der Waals surface area contributed by atoms with Crippen LogP contribution in [0.4, 0.5) is 5.69 Å². The fraction of sp³-hybridized carbons (Fsp3) is 0.333. The third kappa shape index (κ3) is 4.34. The molecule has 3 aromatic rings. The Morgan fingerprint density at radius 1 is 1.03 bits per heavy atom. The van der Waals surface area contributed by atoms with Crippen LogP contribution in [-0.2, 0) is 20.7 Å². The Kier molecular flexibility index (Phi) is 5.78. The van der Waals surface area contributed by atoms with Crippen LogP contribution in [0.15, 0.2) is 34.9 Å². The van der Waals surface area contributed by atoms with Crippen molar-refractivity contribution in [3.05, 3.63) is 63.9 Å². The van der Waals surface area contributed by atoms with Crippen LogP contribution in [0, 0.1) is 34.6 Å². The molecule has 0 saturated carbocycles. The average Bonchev–Trinajstić information content (AvgIpc) is 3.04. The number of rotatable bonds is 5. The summed E-state index contributed by atoms with van der Waals surface area (Å²) < 4.78 is 11.0. The number of anilines is 1. The lowest BCUT2D eigenvalue weighted by Crippen LogP contribution is -2.31. The van der Waals surface area contributed by atoms with E-state index in [0.29, 0.717) is 0 Å². The maximum absolute atomic E-state index is 12.5. The number of amides is 1. The highest BCUT2D eigenvalue weighted by Gasteiger charge is 2.21. The molecule has 5 nitrogen and oxygen atoms in total. The number of carbonyl (C=O) groups excluding carboxylic acids is 2. The van der Waals surface area contributed by atoms with Gasteiger partial charge >= 0.3 is 5.97 Å². The Bertz CT molecular complexity index is 1070. The van der Waals surface area contributed by atoms with E-state index in [1.165, 1.54) is 0 Å². The van der Waals surface area contributed by atoms with Crippen LogP contribution in [0.1, 0.15) is 40.3 Å². The lowest BCUT2D eigenvalue weighted by Gasteiger charge is -2.16. The van der Waals surface area contributed by atoms with Gasteiger partial charge in [-0.3, -0.25) is 9.59 Å². The smallest absolute Gasteiger partial charge is 0.311 e. The largest absolute Gasteiger partial charge is 0.464 e. The lowest BCUT2D eigenvalue weighted by molar-refractivity contribution is -0.152. The van der Waals surface area contributed by atoms with E-state index >= 15 is 0 Å². The minimum atomic E-state index is -0.898. The van der Waals surface area contributed by atoms with E-state index in [9.17, 15) is 9.59 Å². The average molecular weight is 393 g/mol. The molecule has 0 aliphatic carbocycles. The standard InChI is InChI=1S/C24H27NO4/c1-13-9-15(3)22(16(4)10-13)25-24(27)18(6)29-21(26)11-19-12-28-23-17(5)14(2)7-8-20(19)23/h7-10,12,18H,11H2,1-6H3,(H,25,27)/t18-/m0/s1. The molecule has 152 valence electrons. The molecule has 0 spiro atoms. The third-order valence-corrected chi connectivity index (χ3v) is 5.28. The molecule has 1 N–H and O–H groups in total. The maximum atomic E-state index is 12.5. The summed E-state index contributed by atoms with van der Waals surface area (Å²) in [7, 11) is 0. The normalized spacial score (nSPS) is 12.1. The SMILES string of the molecule is Cc1cc(C)c(NC(=O)[C@H](C)OC(=O)Cc2coc3c(C)c(C)ccc23)c(C)c1. The molecule has 3 rings (SSSR count). The molecule has 1 aromatic heterocycles. The molecule has 1 amide bonds. The summed E-state index contributed by atoms with van der Waals surface area (Å²) in [5.41, 5.74) is 7.57. The number of hydrogen-bond donors (Lipinski definition) is 1. The second-order valence-corrected chi connectivity index (χ2v) is 7.72. The molecule has 0 radical (unpaired) electrons. The Balaban J connectivity index is 1.67. The first kappa shape index (κ1) is 20.6. The van der Waals surface area contributed by atoms with Crippen LogP contribution >= 0.6 is 0 Å². The van der Waals surface area contributed by atoms with Gasteiger partial charge in [0.2, 0.25) is 0 Å². The predicted octanol–water partition coefficient (Wildman–Crippen LogP) is 5.09. The number of carbonyl (C=O) groups is 2. The molecule has 0 unspecified atom stereocenters. The summed E-state index contributed by atoms with van der Waals surface area (Å²) in [6.45, 7) is 11.5. The van der Waals surface area contributed by atoms with Gasteiger partial charge in [-0.25, -0.2) is 0 Å². The minimum Gasteiger partial charge on any atom is -0.464 e. The Hall–Kier alpha value is -3.08. The summed E-state index contributed by atoms with van der Waals surface area (Å²) >= 11 is 0. The van der Waals surface area contributed by atoms with Crippen molar-refractivity contribution in [3.8, 4) is 0 Å². The molecule has 0 aliphatic heterocycles. The molecular formula is C24H27NO4. The van der Waals surface area contributed by atoms with Gasteiger partial charge in [-0.15, -0.1) is 0 Å². The van der Waals surface area contributed by atoms with Gasteiger partial charge in [-0.05, 0) is 63.8 Å². The third-order valence-electron chi connectivity index (χ3n) is 5.28. The van der Waals surface area contributed by atoms with Crippen molar-refractivity contribution < 1.29 is 18.7 Å². The van der Waals surface area contributed by atoms with E-state index in [4.69, 9.17) is 9.15 Å². The number of fused-ring (bicyclic) bond motifs is 1. The molecule has 0 saturated heterocycles. The van der Waals surface area contributed by atoms with Crippen molar-refractivity contribution in [1.82, 2.24) is 0 Å². The van der Waals surface area contributed by atoms with Crippen LogP contribution in [0.25, 0.3) is 11.0 Å². The van der Waals surface area contributed by atoms with Crippen molar-refractivity contribution in [2.45, 2.75) is 54.1 Å². The predicted molar refractivity (Wildman–Crippen MR) is 114 cm³/mol. The number of benzene rings is 2. The van der Waals surface area contributed by atoms with E-state index < -0.39 is 12.1 Å². The molecule has 0 fully saturated rings. The first-order valence-electron chi connectivity index (χ1n) is 9.72. The van der Waals surface area contributed by atoms with Crippen LogP contribution < -0.4 is 5.32 Å². The van der Waals surface area contributed by atoms with Gasteiger partial charge in [-0.2, -0.15) is 0 Å². The van der Waals surface area contributed by atoms with Crippen LogP contribution in [0.2, 0.25) is 0 Å². The van der Waals surface area contributed by atoms with Crippen molar-refractivity contribution in [2.75, 3.05) is 5.32 Å². The minimum absolute atomic E-state index is 0.0513. The monoisotopic (exact) mass is 393 g/mol. The van der Waals surface area contributed by atoms with E-state index in [-0.39, 0.29) is 12.3 Å². The second kappa shape index (κ2) is 8.11. The first-order chi connectivity index (χ1) is 13.7. The molecule has 0 aliphatic rings. The van der Waals surface area contributed by atoms with E-state index in [0.717, 1.165) is 50.0 Å². The van der Waals surface area contributed by atoms with Gasteiger partial charge < -0.3 is 14.5 Å². The summed E-state index contributed by atoms with van der Waals surface area (Å²) in [4.78, 5) is 24.9. The number of esters is 1. The zero-order valence-corrected chi connectivity index (χ0v) is 17.8. The number of aryl methyl sites for hydroxylation is 5. The van der Waals surface area contributed by atoms with Crippen molar-refractivity contribution >= 4 is 28.5 Å². The van der Waals surface area contributed by atoms with Crippen LogP contribution in [0.3, 0.4) is 0 Å². The van der Waals surface area contributed by atoms with Gasteiger partial charge in [0.15, 0.2) is 6.10 Å². The molecule has 29 heavy (non-hydrogen) atoms. The molecule has 2 aromatic carbocycles.